The lowest BCUT2D eigenvalue weighted by atomic mass is 10.3. The van der Waals surface area contributed by atoms with Gasteiger partial charge in [-0.3, -0.25) is 0 Å². The molecule has 0 spiro atoms. The minimum absolute atomic E-state index is 0.140. The Labute approximate surface area is 129 Å². The molecule has 1 heterocycles. The van der Waals surface area contributed by atoms with Crippen LogP contribution in [0, 0.1) is 0 Å². The third-order valence-electron chi connectivity index (χ3n) is 2.98. The maximum atomic E-state index is 12.3. The van der Waals surface area contributed by atoms with E-state index in [4.69, 9.17) is 0 Å². The lowest BCUT2D eigenvalue weighted by Gasteiger charge is -2.21. The zero-order chi connectivity index (χ0) is 15.3. The average molecular weight is 365 g/mol. The van der Waals surface area contributed by atoms with Crippen LogP contribution in [-0.4, -0.2) is 51.5 Å². The lowest BCUT2D eigenvalue weighted by Crippen LogP contribution is -2.36. The van der Waals surface area contributed by atoms with Crippen molar-refractivity contribution in [3.8, 4) is 0 Å². The fraction of sp³-hybridized carbons (Fsp3) is 0.583. The highest BCUT2D eigenvalue weighted by Gasteiger charge is 2.19. The molecule has 0 atom stereocenters. The number of aromatic nitrogens is 1. The molecule has 0 saturated carbocycles. The van der Waals surface area contributed by atoms with Crippen molar-refractivity contribution in [1.82, 2.24) is 14.6 Å². The Bertz CT molecular complexity index is 548. The van der Waals surface area contributed by atoms with Gasteiger partial charge >= 0.3 is 0 Å². The average Bonchev–Trinajstić information content (AvgIpc) is 2.38. The summed E-state index contributed by atoms with van der Waals surface area (Å²) < 4.78 is 27.8. The number of sulfonamides is 1. The SMILES string of the molecule is CNc1ncc(Br)cc1S(=O)(=O)NCCN(C)C(C)C. The second-order valence-electron chi connectivity index (χ2n) is 4.72. The van der Waals surface area contributed by atoms with Gasteiger partial charge in [0.25, 0.3) is 0 Å². The molecule has 0 bridgehead atoms. The lowest BCUT2D eigenvalue weighted by molar-refractivity contribution is 0.278. The van der Waals surface area contributed by atoms with E-state index in [-0.39, 0.29) is 4.90 Å². The Kier molecular flexibility index (Phi) is 6.38. The summed E-state index contributed by atoms with van der Waals surface area (Å²) >= 11 is 3.24. The maximum Gasteiger partial charge on any atom is 0.244 e. The normalized spacial score (nSPS) is 12.2. The number of nitrogens with one attached hydrogen (secondary N) is 2. The van der Waals surface area contributed by atoms with Gasteiger partial charge in [-0.1, -0.05) is 0 Å². The second kappa shape index (κ2) is 7.35. The van der Waals surface area contributed by atoms with Crippen molar-refractivity contribution in [2.24, 2.45) is 0 Å². The topological polar surface area (TPSA) is 74.3 Å². The highest BCUT2D eigenvalue weighted by molar-refractivity contribution is 9.10. The molecule has 0 amide bonds. The van der Waals surface area contributed by atoms with Gasteiger partial charge in [-0.2, -0.15) is 0 Å². The highest BCUT2D eigenvalue weighted by Crippen LogP contribution is 2.22. The molecular weight excluding hydrogens is 344 g/mol. The van der Waals surface area contributed by atoms with Gasteiger partial charge in [-0.25, -0.2) is 18.1 Å². The molecule has 1 rings (SSSR count). The molecule has 0 unspecified atom stereocenters. The third kappa shape index (κ3) is 4.69. The van der Waals surface area contributed by atoms with E-state index >= 15 is 0 Å². The first-order chi connectivity index (χ1) is 9.27. The van der Waals surface area contributed by atoms with Gasteiger partial charge in [0.2, 0.25) is 10.0 Å². The van der Waals surface area contributed by atoms with E-state index < -0.39 is 10.0 Å². The largest absolute Gasteiger partial charge is 0.372 e. The van der Waals surface area contributed by atoms with Gasteiger partial charge < -0.3 is 10.2 Å². The fourth-order valence-corrected chi connectivity index (χ4v) is 3.20. The van der Waals surface area contributed by atoms with Crippen LogP contribution in [0.2, 0.25) is 0 Å². The van der Waals surface area contributed by atoms with E-state index in [2.05, 4.69) is 49.7 Å². The molecule has 1 aromatic heterocycles. The molecule has 2 N–H and O–H groups in total. The smallest absolute Gasteiger partial charge is 0.244 e. The molecule has 0 aliphatic rings. The predicted octanol–water partition coefficient (Wildman–Crippen LogP) is 1.50. The van der Waals surface area contributed by atoms with Crippen LogP contribution in [0.3, 0.4) is 0 Å². The summed E-state index contributed by atoms with van der Waals surface area (Å²) in [6.07, 6.45) is 1.55. The number of hydrogen-bond acceptors (Lipinski definition) is 5. The first kappa shape index (κ1) is 17.4. The summed E-state index contributed by atoms with van der Waals surface area (Å²) in [5.74, 6) is 0.331. The van der Waals surface area contributed by atoms with E-state index in [1.807, 2.05) is 7.05 Å². The first-order valence-electron chi connectivity index (χ1n) is 6.31. The number of anilines is 1. The summed E-state index contributed by atoms with van der Waals surface area (Å²) in [6, 6.07) is 1.91. The Morgan fingerprint density at radius 1 is 1.45 bits per heavy atom. The number of pyridine rings is 1. The molecule has 0 aromatic carbocycles. The number of rotatable bonds is 7. The van der Waals surface area contributed by atoms with Crippen LogP contribution in [0.4, 0.5) is 5.82 Å². The number of likely N-dealkylation sites (N-methyl/N-ethyl adjacent to an activating group) is 1. The summed E-state index contributed by atoms with van der Waals surface area (Å²) in [5.41, 5.74) is 0. The van der Waals surface area contributed by atoms with Crippen LogP contribution in [0.1, 0.15) is 13.8 Å². The van der Waals surface area contributed by atoms with Crippen LogP contribution >= 0.6 is 15.9 Å². The maximum absolute atomic E-state index is 12.3. The Morgan fingerprint density at radius 2 is 2.10 bits per heavy atom. The highest BCUT2D eigenvalue weighted by atomic mass is 79.9. The van der Waals surface area contributed by atoms with Crippen molar-refractivity contribution in [1.29, 1.82) is 0 Å². The predicted molar refractivity (Wildman–Crippen MR) is 84.4 cm³/mol. The number of nitrogens with zero attached hydrogens (tertiary/aromatic N) is 2. The summed E-state index contributed by atoms with van der Waals surface area (Å²) in [7, 11) is 0.0191. The standard InChI is InChI=1S/C12H21BrN4O2S/c1-9(2)17(4)6-5-16-20(18,19)11-7-10(13)8-15-12(11)14-3/h7-9,16H,5-6H2,1-4H3,(H,14,15). The summed E-state index contributed by atoms with van der Waals surface area (Å²) in [5, 5.41) is 2.78. The Balaban J connectivity index is 2.81. The van der Waals surface area contributed by atoms with Crippen LogP contribution in [0.25, 0.3) is 0 Å². The molecule has 0 aliphatic carbocycles. The van der Waals surface area contributed by atoms with Gasteiger partial charge in [0, 0.05) is 36.8 Å². The van der Waals surface area contributed by atoms with Gasteiger partial charge in [-0.15, -0.1) is 0 Å². The zero-order valence-electron chi connectivity index (χ0n) is 12.1. The van der Waals surface area contributed by atoms with E-state index in [0.29, 0.717) is 29.4 Å². The molecule has 1 aromatic rings. The van der Waals surface area contributed by atoms with E-state index in [0.717, 1.165) is 0 Å². The van der Waals surface area contributed by atoms with E-state index in [9.17, 15) is 8.42 Å². The molecule has 20 heavy (non-hydrogen) atoms. The minimum atomic E-state index is -3.58. The van der Waals surface area contributed by atoms with Crippen molar-refractivity contribution in [2.75, 3.05) is 32.5 Å². The van der Waals surface area contributed by atoms with Crippen molar-refractivity contribution in [2.45, 2.75) is 24.8 Å². The molecule has 0 radical (unpaired) electrons. The monoisotopic (exact) mass is 364 g/mol. The van der Waals surface area contributed by atoms with Crippen LogP contribution in [-0.2, 0) is 10.0 Å². The van der Waals surface area contributed by atoms with Crippen molar-refractivity contribution < 1.29 is 8.42 Å². The van der Waals surface area contributed by atoms with Gasteiger partial charge in [-0.05, 0) is 42.9 Å². The van der Waals surface area contributed by atoms with Crippen molar-refractivity contribution in [3.63, 3.8) is 0 Å². The van der Waals surface area contributed by atoms with Crippen molar-refractivity contribution >= 4 is 31.8 Å². The fourth-order valence-electron chi connectivity index (χ4n) is 1.51. The molecule has 0 aliphatic heterocycles. The third-order valence-corrected chi connectivity index (χ3v) is 4.89. The molecule has 0 saturated heterocycles. The van der Waals surface area contributed by atoms with E-state index in [1.54, 1.807) is 13.2 Å². The van der Waals surface area contributed by atoms with Gasteiger partial charge in [0.15, 0.2) is 0 Å². The molecular formula is C12H21BrN4O2S. The number of halogens is 1. The quantitative estimate of drug-likeness (QED) is 0.766. The van der Waals surface area contributed by atoms with Crippen LogP contribution in [0.5, 0.6) is 0 Å². The summed E-state index contributed by atoms with van der Waals surface area (Å²) in [4.78, 5) is 6.26. The first-order valence-corrected chi connectivity index (χ1v) is 8.58. The number of hydrogen-bond donors (Lipinski definition) is 2. The minimum Gasteiger partial charge on any atom is -0.372 e. The zero-order valence-corrected chi connectivity index (χ0v) is 14.5. The van der Waals surface area contributed by atoms with Crippen LogP contribution in [0.15, 0.2) is 21.6 Å². The van der Waals surface area contributed by atoms with Gasteiger partial charge in [0.1, 0.15) is 10.7 Å². The molecule has 0 fully saturated rings. The van der Waals surface area contributed by atoms with Gasteiger partial charge in [0.05, 0.1) is 0 Å². The molecule has 8 heteroatoms. The van der Waals surface area contributed by atoms with E-state index in [1.165, 1.54) is 6.07 Å². The van der Waals surface area contributed by atoms with Crippen LogP contribution < -0.4 is 10.0 Å². The molecule has 6 nitrogen and oxygen atoms in total. The molecule has 114 valence electrons. The van der Waals surface area contributed by atoms with Crippen molar-refractivity contribution in [3.05, 3.63) is 16.7 Å². The Morgan fingerprint density at radius 3 is 2.65 bits per heavy atom. The Hall–Kier alpha value is -0.700. The second-order valence-corrected chi connectivity index (χ2v) is 7.37. The summed E-state index contributed by atoms with van der Waals surface area (Å²) in [6.45, 7) is 5.12.